The van der Waals surface area contributed by atoms with Gasteiger partial charge in [-0.25, -0.2) is 9.97 Å². The number of morpholine rings is 1. The van der Waals surface area contributed by atoms with Crippen LogP contribution < -0.4 is 4.90 Å². The first-order valence-corrected chi connectivity index (χ1v) is 7.83. The van der Waals surface area contributed by atoms with Crippen molar-refractivity contribution in [3.8, 4) is 0 Å². The molecule has 21 heavy (non-hydrogen) atoms. The molecule has 3 heterocycles. The van der Waals surface area contributed by atoms with Gasteiger partial charge in [0.1, 0.15) is 5.82 Å². The molecule has 2 fully saturated rings. The van der Waals surface area contributed by atoms with Gasteiger partial charge in [-0.15, -0.1) is 0 Å². The Labute approximate surface area is 129 Å². The van der Waals surface area contributed by atoms with Crippen LogP contribution in [-0.2, 0) is 4.74 Å². The fourth-order valence-electron chi connectivity index (χ4n) is 3.18. The van der Waals surface area contributed by atoms with Crippen LogP contribution in [0.4, 0.5) is 5.82 Å². The molecule has 0 spiro atoms. The average Bonchev–Trinajstić information content (AvgIpc) is 3.32. The van der Waals surface area contributed by atoms with E-state index in [1.54, 1.807) is 6.20 Å². The Kier molecular flexibility index (Phi) is 3.05. The molecule has 5 heteroatoms. The van der Waals surface area contributed by atoms with Gasteiger partial charge >= 0.3 is 0 Å². The van der Waals surface area contributed by atoms with Gasteiger partial charge in [0.25, 0.3) is 0 Å². The van der Waals surface area contributed by atoms with E-state index in [1.807, 2.05) is 12.1 Å². The highest BCUT2D eigenvalue weighted by Gasteiger charge is 2.45. The molecule has 1 aliphatic heterocycles. The lowest BCUT2D eigenvalue weighted by Crippen LogP contribution is -2.51. The van der Waals surface area contributed by atoms with E-state index in [0.29, 0.717) is 10.9 Å². The number of hydrogen-bond acceptors (Lipinski definition) is 4. The number of fused-ring (bicyclic) bond motifs is 1. The molecule has 4 rings (SSSR count). The molecule has 0 N–H and O–H groups in total. The Balaban J connectivity index is 1.64. The predicted molar refractivity (Wildman–Crippen MR) is 83.8 cm³/mol. The standard InChI is InChI=1S/C16H18ClN3O/c1-16(12-3-4-12)10-20(6-7-21-16)14-5-2-11-8-13(17)9-18-15(11)19-14/h2,5,8-9,12H,3-4,6-7,10H2,1H3. The van der Waals surface area contributed by atoms with E-state index in [9.17, 15) is 0 Å². The summed E-state index contributed by atoms with van der Waals surface area (Å²) < 4.78 is 6.04. The summed E-state index contributed by atoms with van der Waals surface area (Å²) in [5.41, 5.74) is 0.721. The zero-order valence-corrected chi connectivity index (χ0v) is 12.8. The minimum absolute atomic E-state index is 0.0255. The highest BCUT2D eigenvalue weighted by molar-refractivity contribution is 6.31. The fourth-order valence-corrected chi connectivity index (χ4v) is 3.35. The van der Waals surface area contributed by atoms with Crippen LogP contribution in [0.1, 0.15) is 19.8 Å². The molecule has 1 unspecified atom stereocenters. The number of pyridine rings is 2. The second kappa shape index (κ2) is 4.82. The minimum Gasteiger partial charge on any atom is -0.371 e. The van der Waals surface area contributed by atoms with E-state index in [0.717, 1.165) is 36.5 Å². The number of rotatable bonds is 2. The SMILES string of the molecule is CC1(C2CC2)CN(c2ccc3cc(Cl)cnc3n2)CCO1. The molecule has 2 aromatic heterocycles. The summed E-state index contributed by atoms with van der Waals surface area (Å²) in [5, 5.41) is 1.62. The number of hydrogen-bond donors (Lipinski definition) is 0. The summed E-state index contributed by atoms with van der Waals surface area (Å²) >= 11 is 5.97. The van der Waals surface area contributed by atoms with Crippen molar-refractivity contribution in [2.24, 2.45) is 5.92 Å². The van der Waals surface area contributed by atoms with Gasteiger partial charge < -0.3 is 9.64 Å². The maximum Gasteiger partial charge on any atom is 0.161 e. The summed E-state index contributed by atoms with van der Waals surface area (Å²) in [4.78, 5) is 11.3. The molecule has 0 aromatic carbocycles. The molecule has 0 amide bonds. The molecular weight excluding hydrogens is 286 g/mol. The van der Waals surface area contributed by atoms with Crippen molar-refractivity contribution in [1.29, 1.82) is 0 Å². The maximum atomic E-state index is 6.04. The first-order valence-electron chi connectivity index (χ1n) is 7.45. The molecule has 2 aliphatic rings. The van der Waals surface area contributed by atoms with Crippen LogP contribution in [0, 0.1) is 5.92 Å². The van der Waals surface area contributed by atoms with Crippen LogP contribution in [0.5, 0.6) is 0 Å². The van der Waals surface area contributed by atoms with Crippen LogP contribution in [0.15, 0.2) is 24.4 Å². The van der Waals surface area contributed by atoms with Crippen molar-refractivity contribution in [3.05, 3.63) is 29.4 Å². The van der Waals surface area contributed by atoms with Crippen molar-refractivity contribution >= 4 is 28.5 Å². The first-order chi connectivity index (χ1) is 10.1. The van der Waals surface area contributed by atoms with E-state index >= 15 is 0 Å². The Bertz CT molecular complexity index is 688. The van der Waals surface area contributed by atoms with Gasteiger partial charge in [-0.3, -0.25) is 0 Å². The second-order valence-electron chi connectivity index (χ2n) is 6.23. The predicted octanol–water partition coefficient (Wildman–Crippen LogP) is 3.29. The average molecular weight is 304 g/mol. The third-order valence-electron chi connectivity index (χ3n) is 4.56. The van der Waals surface area contributed by atoms with Crippen LogP contribution in [0.2, 0.25) is 5.02 Å². The third kappa shape index (κ3) is 2.47. The monoisotopic (exact) mass is 303 g/mol. The number of ether oxygens (including phenoxy) is 1. The maximum absolute atomic E-state index is 6.04. The van der Waals surface area contributed by atoms with E-state index in [-0.39, 0.29) is 5.60 Å². The summed E-state index contributed by atoms with van der Waals surface area (Å²) in [6.07, 6.45) is 4.22. The van der Waals surface area contributed by atoms with Gasteiger partial charge in [-0.05, 0) is 43.9 Å². The van der Waals surface area contributed by atoms with Crippen LogP contribution in [-0.4, -0.2) is 35.3 Å². The van der Waals surface area contributed by atoms with Gasteiger partial charge in [-0.1, -0.05) is 11.6 Å². The summed E-state index contributed by atoms with van der Waals surface area (Å²) in [5.74, 6) is 1.69. The summed E-state index contributed by atoms with van der Waals surface area (Å²) in [6, 6.07) is 5.99. The van der Waals surface area contributed by atoms with Crippen molar-refractivity contribution in [1.82, 2.24) is 9.97 Å². The topological polar surface area (TPSA) is 38.2 Å². The third-order valence-corrected chi connectivity index (χ3v) is 4.76. The van der Waals surface area contributed by atoms with Crippen LogP contribution in [0.25, 0.3) is 11.0 Å². The zero-order valence-electron chi connectivity index (χ0n) is 12.1. The van der Waals surface area contributed by atoms with Crippen LogP contribution >= 0.6 is 11.6 Å². The number of aromatic nitrogens is 2. The lowest BCUT2D eigenvalue weighted by Gasteiger charge is -2.41. The number of anilines is 1. The lowest BCUT2D eigenvalue weighted by molar-refractivity contribution is -0.0577. The molecular formula is C16H18ClN3O. The lowest BCUT2D eigenvalue weighted by atomic mass is 9.98. The Morgan fingerprint density at radius 2 is 2.24 bits per heavy atom. The van der Waals surface area contributed by atoms with Gasteiger partial charge in [0, 0.05) is 24.7 Å². The molecule has 0 bridgehead atoms. The first kappa shape index (κ1) is 13.3. The molecule has 110 valence electrons. The smallest absolute Gasteiger partial charge is 0.161 e. The van der Waals surface area contributed by atoms with Crippen molar-refractivity contribution in [2.75, 3.05) is 24.6 Å². The number of halogens is 1. The summed E-state index contributed by atoms with van der Waals surface area (Å²) in [7, 11) is 0. The van der Waals surface area contributed by atoms with E-state index in [2.05, 4.69) is 27.9 Å². The molecule has 1 saturated heterocycles. The van der Waals surface area contributed by atoms with Gasteiger partial charge in [0.15, 0.2) is 5.65 Å². The van der Waals surface area contributed by atoms with Gasteiger partial charge in [0.05, 0.1) is 17.2 Å². The normalized spacial score (nSPS) is 26.3. The molecule has 1 atom stereocenters. The zero-order chi connectivity index (χ0) is 14.4. The number of nitrogens with zero attached hydrogens (tertiary/aromatic N) is 3. The molecule has 2 aromatic rings. The van der Waals surface area contributed by atoms with Gasteiger partial charge in [0.2, 0.25) is 0 Å². The van der Waals surface area contributed by atoms with Crippen LogP contribution in [0.3, 0.4) is 0 Å². The van der Waals surface area contributed by atoms with Crippen molar-refractivity contribution in [2.45, 2.75) is 25.4 Å². The highest BCUT2D eigenvalue weighted by Crippen LogP contribution is 2.43. The summed E-state index contributed by atoms with van der Waals surface area (Å²) in [6.45, 7) is 4.79. The molecule has 4 nitrogen and oxygen atoms in total. The Morgan fingerprint density at radius 1 is 1.38 bits per heavy atom. The quantitative estimate of drug-likeness (QED) is 0.853. The molecule has 0 radical (unpaired) electrons. The van der Waals surface area contributed by atoms with Crippen molar-refractivity contribution < 1.29 is 4.74 Å². The van der Waals surface area contributed by atoms with E-state index < -0.39 is 0 Å². The Morgan fingerprint density at radius 3 is 3.05 bits per heavy atom. The molecule has 1 saturated carbocycles. The Hall–Kier alpha value is -1.39. The minimum atomic E-state index is -0.0255. The van der Waals surface area contributed by atoms with Crippen molar-refractivity contribution in [3.63, 3.8) is 0 Å². The van der Waals surface area contributed by atoms with E-state index in [4.69, 9.17) is 16.3 Å². The second-order valence-corrected chi connectivity index (χ2v) is 6.66. The van der Waals surface area contributed by atoms with Gasteiger partial charge in [-0.2, -0.15) is 0 Å². The largest absolute Gasteiger partial charge is 0.371 e. The highest BCUT2D eigenvalue weighted by atomic mass is 35.5. The van der Waals surface area contributed by atoms with E-state index in [1.165, 1.54) is 12.8 Å². The molecule has 1 aliphatic carbocycles. The fraction of sp³-hybridized carbons (Fsp3) is 0.500.